The number of Topliss-reactive ketones (excluding diaryl/α,β-unsaturated/α-hetero) is 1. The molecule has 0 bridgehead atoms. The third-order valence-electron chi connectivity index (χ3n) is 3.64. The first-order valence-electron chi connectivity index (χ1n) is 7.75. The first kappa shape index (κ1) is 19.4. The average Bonchev–Trinajstić information content (AvgIpc) is 2.59. The lowest BCUT2D eigenvalue weighted by atomic mass is 10.0. The van der Waals surface area contributed by atoms with Gasteiger partial charge in [0.1, 0.15) is 5.75 Å². The quantitative estimate of drug-likeness (QED) is 0.451. The minimum Gasteiger partial charge on any atom is -0.484 e. The van der Waals surface area contributed by atoms with E-state index >= 15 is 0 Å². The molecule has 7 nitrogen and oxygen atoms in total. The van der Waals surface area contributed by atoms with Crippen molar-refractivity contribution in [3.8, 4) is 5.75 Å². The van der Waals surface area contributed by atoms with Crippen LogP contribution >= 0.6 is 11.6 Å². The molecule has 0 fully saturated rings. The van der Waals surface area contributed by atoms with Crippen molar-refractivity contribution in [1.82, 2.24) is 5.32 Å². The monoisotopic (exact) mass is 376 g/mol. The molecule has 1 amide bonds. The second-order valence-electron chi connectivity index (χ2n) is 5.63. The zero-order valence-corrected chi connectivity index (χ0v) is 14.9. The van der Waals surface area contributed by atoms with Crippen LogP contribution in [-0.2, 0) is 4.79 Å². The molecule has 0 aliphatic carbocycles. The van der Waals surface area contributed by atoms with Gasteiger partial charge in [-0.15, -0.1) is 0 Å². The van der Waals surface area contributed by atoms with Gasteiger partial charge in [0.05, 0.1) is 16.0 Å². The Kier molecular flexibility index (Phi) is 6.30. The van der Waals surface area contributed by atoms with Gasteiger partial charge in [-0.05, 0) is 18.6 Å². The highest BCUT2D eigenvalue weighted by Crippen LogP contribution is 2.28. The maximum atomic E-state index is 12.2. The average molecular weight is 377 g/mol. The summed E-state index contributed by atoms with van der Waals surface area (Å²) in [4.78, 5) is 33.4. The number of benzene rings is 2. The van der Waals surface area contributed by atoms with E-state index in [-0.39, 0.29) is 40.8 Å². The highest BCUT2D eigenvalue weighted by atomic mass is 35.5. The van der Waals surface area contributed by atoms with Crippen molar-refractivity contribution < 1.29 is 19.2 Å². The first-order chi connectivity index (χ1) is 12.3. The summed E-state index contributed by atoms with van der Waals surface area (Å²) in [5.41, 5.74) is 1.16. The van der Waals surface area contributed by atoms with E-state index in [0.717, 1.165) is 5.56 Å². The summed E-state index contributed by atoms with van der Waals surface area (Å²) in [7, 11) is 0. The Hall–Kier alpha value is -2.93. The minimum absolute atomic E-state index is 0.0616. The highest BCUT2D eigenvalue weighted by molar-refractivity contribution is 6.32. The van der Waals surface area contributed by atoms with Crippen LogP contribution in [0.2, 0.25) is 5.02 Å². The molecular formula is C18H17ClN2O5. The van der Waals surface area contributed by atoms with Gasteiger partial charge in [-0.3, -0.25) is 19.7 Å². The largest absolute Gasteiger partial charge is 0.484 e. The van der Waals surface area contributed by atoms with Crippen LogP contribution in [0.1, 0.15) is 35.8 Å². The van der Waals surface area contributed by atoms with Gasteiger partial charge < -0.3 is 10.1 Å². The Morgan fingerprint density at radius 3 is 2.42 bits per heavy atom. The molecule has 2 aromatic carbocycles. The van der Waals surface area contributed by atoms with Gasteiger partial charge >= 0.3 is 0 Å². The molecule has 26 heavy (non-hydrogen) atoms. The SMILES string of the molecule is CC(=O)N[C@H](C)c1ccc(C(=O)COc2ccc([N+](=O)[O-])cc2Cl)cc1. The lowest BCUT2D eigenvalue weighted by molar-refractivity contribution is -0.384. The Labute approximate surface area is 155 Å². The molecular weight excluding hydrogens is 360 g/mol. The number of nitro benzene ring substituents is 1. The number of nitrogens with one attached hydrogen (secondary N) is 1. The van der Waals surface area contributed by atoms with Crippen molar-refractivity contribution in [3.05, 3.63) is 68.7 Å². The van der Waals surface area contributed by atoms with Crippen LogP contribution in [0.5, 0.6) is 5.75 Å². The maximum Gasteiger partial charge on any atom is 0.271 e. The molecule has 1 N–H and O–H groups in total. The minimum atomic E-state index is -0.565. The fraction of sp³-hybridized carbons (Fsp3) is 0.222. The van der Waals surface area contributed by atoms with Gasteiger partial charge in [0, 0.05) is 24.6 Å². The molecule has 2 rings (SSSR count). The van der Waals surface area contributed by atoms with Gasteiger partial charge in [0.25, 0.3) is 5.69 Å². The number of ketones is 1. The highest BCUT2D eigenvalue weighted by Gasteiger charge is 2.13. The van der Waals surface area contributed by atoms with Crippen molar-refractivity contribution in [2.24, 2.45) is 0 Å². The standard InChI is InChI=1S/C18H17ClN2O5/c1-11(20-12(2)22)13-3-5-14(6-4-13)17(23)10-26-18-8-7-15(21(24)25)9-16(18)19/h3-9,11H,10H2,1-2H3,(H,20,22)/t11-/m1/s1. The zero-order valence-electron chi connectivity index (χ0n) is 14.2. The molecule has 0 saturated carbocycles. The fourth-order valence-electron chi connectivity index (χ4n) is 2.29. The van der Waals surface area contributed by atoms with Crippen LogP contribution in [0, 0.1) is 10.1 Å². The molecule has 0 heterocycles. The smallest absolute Gasteiger partial charge is 0.271 e. The molecule has 0 saturated heterocycles. The van der Waals surface area contributed by atoms with Crippen molar-refractivity contribution in [1.29, 1.82) is 0 Å². The Bertz CT molecular complexity index is 836. The summed E-state index contributed by atoms with van der Waals surface area (Å²) in [6, 6.07) is 10.4. The van der Waals surface area contributed by atoms with E-state index in [4.69, 9.17) is 16.3 Å². The van der Waals surface area contributed by atoms with E-state index < -0.39 is 4.92 Å². The Balaban J connectivity index is 2.00. The summed E-state index contributed by atoms with van der Waals surface area (Å²) in [6.07, 6.45) is 0. The summed E-state index contributed by atoms with van der Waals surface area (Å²) < 4.78 is 5.36. The number of ether oxygens (including phenoxy) is 1. The van der Waals surface area contributed by atoms with Crippen LogP contribution < -0.4 is 10.1 Å². The number of hydrogen-bond acceptors (Lipinski definition) is 5. The molecule has 2 aromatic rings. The van der Waals surface area contributed by atoms with E-state index in [1.165, 1.54) is 25.1 Å². The number of rotatable bonds is 7. The van der Waals surface area contributed by atoms with Gasteiger partial charge in [-0.2, -0.15) is 0 Å². The molecule has 136 valence electrons. The molecule has 8 heteroatoms. The molecule has 0 radical (unpaired) electrons. The van der Waals surface area contributed by atoms with E-state index in [0.29, 0.717) is 5.56 Å². The predicted molar refractivity (Wildman–Crippen MR) is 96.6 cm³/mol. The third kappa shape index (κ3) is 5.03. The summed E-state index contributed by atoms with van der Waals surface area (Å²) in [6.45, 7) is 3.03. The molecule has 0 unspecified atom stereocenters. The van der Waals surface area contributed by atoms with Gasteiger partial charge in [-0.25, -0.2) is 0 Å². The molecule has 0 aromatic heterocycles. The number of hydrogen-bond donors (Lipinski definition) is 1. The second-order valence-corrected chi connectivity index (χ2v) is 6.04. The summed E-state index contributed by atoms with van der Waals surface area (Å²) in [5.74, 6) is -0.203. The van der Waals surface area contributed by atoms with Crippen LogP contribution in [0.4, 0.5) is 5.69 Å². The van der Waals surface area contributed by atoms with Gasteiger partial charge in [0.2, 0.25) is 5.91 Å². The van der Waals surface area contributed by atoms with E-state index in [1.807, 2.05) is 6.92 Å². The fourth-order valence-corrected chi connectivity index (χ4v) is 2.52. The van der Waals surface area contributed by atoms with Crippen molar-refractivity contribution >= 4 is 29.0 Å². The number of halogens is 1. The normalized spacial score (nSPS) is 11.5. The second kappa shape index (κ2) is 8.44. The summed E-state index contributed by atoms with van der Waals surface area (Å²) >= 11 is 5.92. The van der Waals surface area contributed by atoms with Gasteiger partial charge in [-0.1, -0.05) is 35.9 Å². The number of carbonyl (C=O) groups is 2. The Morgan fingerprint density at radius 2 is 1.88 bits per heavy atom. The number of carbonyl (C=O) groups excluding carboxylic acids is 2. The maximum absolute atomic E-state index is 12.2. The molecule has 0 spiro atoms. The number of amides is 1. The lowest BCUT2D eigenvalue weighted by Crippen LogP contribution is -2.23. The van der Waals surface area contributed by atoms with Crippen molar-refractivity contribution in [3.63, 3.8) is 0 Å². The van der Waals surface area contributed by atoms with Crippen LogP contribution in [0.25, 0.3) is 0 Å². The zero-order chi connectivity index (χ0) is 19.3. The van der Waals surface area contributed by atoms with E-state index in [1.54, 1.807) is 24.3 Å². The lowest BCUT2D eigenvalue weighted by Gasteiger charge is -2.13. The number of non-ortho nitro benzene ring substituents is 1. The van der Waals surface area contributed by atoms with Crippen LogP contribution in [-0.4, -0.2) is 23.2 Å². The first-order valence-corrected chi connectivity index (χ1v) is 8.12. The van der Waals surface area contributed by atoms with E-state index in [9.17, 15) is 19.7 Å². The van der Waals surface area contributed by atoms with Crippen molar-refractivity contribution in [2.45, 2.75) is 19.9 Å². The third-order valence-corrected chi connectivity index (χ3v) is 3.93. The topological polar surface area (TPSA) is 98.5 Å². The number of nitrogens with zero attached hydrogens (tertiary/aromatic N) is 1. The molecule has 0 aliphatic heterocycles. The predicted octanol–water partition coefficient (Wildman–Crippen LogP) is 3.71. The van der Waals surface area contributed by atoms with Crippen LogP contribution in [0.15, 0.2) is 42.5 Å². The number of nitro groups is 1. The van der Waals surface area contributed by atoms with Crippen molar-refractivity contribution in [2.75, 3.05) is 6.61 Å². The Morgan fingerprint density at radius 1 is 1.23 bits per heavy atom. The molecule has 0 aliphatic rings. The van der Waals surface area contributed by atoms with Gasteiger partial charge in [0.15, 0.2) is 12.4 Å². The van der Waals surface area contributed by atoms with Crippen LogP contribution in [0.3, 0.4) is 0 Å². The summed E-state index contributed by atoms with van der Waals surface area (Å²) in [5, 5.41) is 13.5. The van der Waals surface area contributed by atoms with E-state index in [2.05, 4.69) is 5.32 Å². The molecule has 1 atom stereocenters.